The number of nitrogens with zero attached hydrogens (tertiary/aromatic N) is 3. The van der Waals surface area contributed by atoms with Gasteiger partial charge in [0.05, 0.1) is 25.6 Å². The van der Waals surface area contributed by atoms with E-state index in [9.17, 15) is 14.4 Å². The molecule has 0 aliphatic rings. The number of carbonyl (C=O) groups excluding carboxylic acids is 1. The maximum Gasteiger partial charge on any atom is 0.243 e. The van der Waals surface area contributed by atoms with E-state index in [2.05, 4.69) is 16.5 Å². The second-order valence-corrected chi connectivity index (χ2v) is 7.08. The van der Waals surface area contributed by atoms with Crippen molar-refractivity contribution in [2.24, 2.45) is 0 Å². The SMILES string of the molecule is COc1cc(/C=C/C(=O)NCCCc2nn(-c3ccc(F)cc3)c(N)c2C#N)cc(OC)c1. The van der Waals surface area contributed by atoms with Crippen molar-refractivity contribution in [1.29, 1.82) is 5.26 Å². The lowest BCUT2D eigenvalue weighted by molar-refractivity contribution is -0.116. The zero-order valence-corrected chi connectivity index (χ0v) is 18.3. The topological polar surface area (TPSA) is 115 Å². The molecule has 3 aromatic rings. The molecule has 0 spiro atoms. The number of amides is 1. The van der Waals surface area contributed by atoms with E-state index in [1.54, 1.807) is 38.5 Å². The second kappa shape index (κ2) is 10.8. The summed E-state index contributed by atoms with van der Waals surface area (Å²) in [6.45, 7) is 0.388. The van der Waals surface area contributed by atoms with Crippen molar-refractivity contribution in [3.8, 4) is 23.3 Å². The van der Waals surface area contributed by atoms with Crippen LogP contribution >= 0.6 is 0 Å². The highest BCUT2D eigenvalue weighted by Crippen LogP contribution is 2.23. The van der Waals surface area contributed by atoms with Gasteiger partial charge in [0.15, 0.2) is 0 Å². The van der Waals surface area contributed by atoms with Crippen LogP contribution in [0.1, 0.15) is 23.2 Å². The molecule has 0 bridgehead atoms. The third-order valence-corrected chi connectivity index (χ3v) is 4.87. The molecule has 9 heteroatoms. The second-order valence-electron chi connectivity index (χ2n) is 7.08. The Morgan fingerprint density at radius 1 is 1.21 bits per heavy atom. The fourth-order valence-electron chi connectivity index (χ4n) is 3.18. The Morgan fingerprint density at radius 2 is 1.88 bits per heavy atom. The Balaban J connectivity index is 1.57. The first-order valence-electron chi connectivity index (χ1n) is 10.2. The van der Waals surface area contributed by atoms with Crippen molar-refractivity contribution in [3.63, 3.8) is 0 Å². The van der Waals surface area contributed by atoms with Crippen molar-refractivity contribution >= 4 is 17.8 Å². The molecular weight excluding hydrogens is 425 g/mol. The summed E-state index contributed by atoms with van der Waals surface area (Å²) in [5.74, 6) is 0.818. The molecule has 1 heterocycles. The van der Waals surface area contributed by atoms with Gasteiger partial charge in [0.1, 0.15) is 34.8 Å². The summed E-state index contributed by atoms with van der Waals surface area (Å²) >= 11 is 0. The van der Waals surface area contributed by atoms with Crippen molar-refractivity contribution in [2.45, 2.75) is 12.8 Å². The van der Waals surface area contributed by atoms with E-state index in [4.69, 9.17) is 15.2 Å². The van der Waals surface area contributed by atoms with Gasteiger partial charge in [0.2, 0.25) is 5.91 Å². The maximum absolute atomic E-state index is 13.2. The van der Waals surface area contributed by atoms with E-state index in [-0.39, 0.29) is 23.1 Å². The number of nitriles is 1. The van der Waals surface area contributed by atoms with Crippen LogP contribution in [-0.2, 0) is 11.2 Å². The molecule has 0 saturated carbocycles. The number of carbonyl (C=O) groups is 1. The summed E-state index contributed by atoms with van der Waals surface area (Å²) in [5.41, 5.74) is 8.18. The molecule has 0 atom stereocenters. The van der Waals surface area contributed by atoms with Gasteiger partial charge in [-0.2, -0.15) is 10.4 Å². The first-order valence-corrected chi connectivity index (χ1v) is 10.2. The lowest BCUT2D eigenvalue weighted by Crippen LogP contribution is -2.22. The standard InChI is InChI=1S/C24H24FN5O3/c1-32-19-12-16(13-20(14-19)33-2)5-10-23(31)28-11-3-4-22-21(15-26)24(27)30(29-22)18-8-6-17(25)7-9-18/h5-10,12-14H,3-4,11,27H2,1-2H3,(H,28,31)/b10-5+. The number of hydrogen-bond acceptors (Lipinski definition) is 6. The molecule has 0 saturated heterocycles. The van der Waals surface area contributed by atoms with Gasteiger partial charge >= 0.3 is 0 Å². The first kappa shape index (κ1) is 23.3. The number of rotatable bonds is 9. The molecular formula is C24H24FN5O3. The minimum Gasteiger partial charge on any atom is -0.497 e. The van der Waals surface area contributed by atoms with E-state index < -0.39 is 0 Å². The predicted octanol–water partition coefficient (Wildman–Crippen LogP) is 3.24. The van der Waals surface area contributed by atoms with Crippen LogP contribution in [0.15, 0.2) is 48.5 Å². The third-order valence-electron chi connectivity index (χ3n) is 4.87. The summed E-state index contributed by atoms with van der Waals surface area (Å²) in [5, 5.41) is 16.7. The normalized spacial score (nSPS) is 10.7. The minimum atomic E-state index is -0.375. The monoisotopic (exact) mass is 449 g/mol. The lowest BCUT2D eigenvalue weighted by Gasteiger charge is -2.06. The largest absolute Gasteiger partial charge is 0.497 e. The molecule has 0 fully saturated rings. The minimum absolute atomic E-state index is 0.194. The van der Waals surface area contributed by atoms with E-state index in [0.29, 0.717) is 42.3 Å². The number of halogens is 1. The molecule has 1 aromatic heterocycles. The van der Waals surface area contributed by atoms with Crippen molar-refractivity contribution in [3.05, 3.63) is 71.2 Å². The highest BCUT2D eigenvalue weighted by atomic mass is 19.1. The zero-order chi connectivity index (χ0) is 23.8. The van der Waals surface area contributed by atoms with Gasteiger partial charge < -0.3 is 20.5 Å². The number of anilines is 1. The average Bonchev–Trinajstić information content (AvgIpc) is 3.15. The Labute approximate surface area is 191 Å². The summed E-state index contributed by atoms with van der Waals surface area (Å²) < 4.78 is 25.0. The third kappa shape index (κ3) is 5.89. The molecule has 2 aromatic carbocycles. The number of aromatic nitrogens is 2. The van der Waals surface area contributed by atoms with Crippen LogP contribution in [0, 0.1) is 17.1 Å². The number of nitrogen functional groups attached to an aromatic ring is 1. The van der Waals surface area contributed by atoms with Gasteiger partial charge in [-0.3, -0.25) is 4.79 Å². The first-order chi connectivity index (χ1) is 15.9. The van der Waals surface area contributed by atoms with Crippen LogP contribution in [-0.4, -0.2) is 36.5 Å². The quantitative estimate of drug-likeness (QED) is 0.383. The fourth-order valence-corrected chi connectivity index (χ4v) is 3.18. The number of ether oxygens (including phenoxy) is 2. The molecule has 3 rings (SSSR count). The molecule has 3 N–H and O–H groups in total. The molecule has 170 valence electrons. The van der Waals surface area contributed by atoms with Gasteiger partial charge in [0.25, 0.3) is 0 Å². The lowest BCUT2D eigenvalue weighted by atomic mass is 10.1. The number of hydrogen-bond donors (Lipinski definition) is 2. The van der Waals surface area contributed by atoms with E-state index in [1.807, 2.05) is 0 Å². The van der Waals surface area contributed by atoms with Crippen LogP contribution < -0.4 is 20.5 Å². The Kier molecular flexibility index (Phi) is 7.65. The molecule has 1 amide bonds. The van der Waals surface area contributed by atoms with E-state index in [1.165, 1.54) is 35.0 Å². The molecule has 0 unspecified atom stereocenters. The molecule has 33 heavy (non-hydrogen) atoms. The van der Waals surface area contributed by atoms with Gasteiger partial charge in [-0.05, 0) is 60.9 Å². The Hall–Kier alpha value is -4.32. The predicted molar refractivity (Wildman–Crippen MR) is 123 cm³/mol. The molecule has 0 aliphatic heterocycles. The summed E-state index contributed by atoms with van der Waals surface area (Å²) in [7, 11) is 3.12. The van der Waals surface area contributed by atoms with Crippen molar-refractivity contribution in [2.75, 3.05) is 26.5 Å². The Bertz CT molecular complexity index is 1170. The summed E-state index contributed by atoms with van der Waals surface area (Å²) in [6, 6.07) is 13.1. The fraction of sp³-hybridized carbons (Fsp3) is 0.208. The van der Waals surface area contributed by atoms with E-state index >= 15 is 0 Å². The van der Waals surface area contributed by atoms with E-state index in [0.717, 1.165) is 5.56 Å². The van der Waals surface area contributed by atoms with Crippen molar-refractivity contribution in [1.82, 2.24) is 15.1 Å². The van der Waals surface area contributed by atoms with Gasteiger partial charge in [-0.15, -0.1) is 0 Å². The molecule has 8 nitrogen and oxygen atoms in total. The highest BCUT2D eigenvalue weighted by molar-refractivity contribution is 5.91. The van der Waals surface area contributed by atoms with Crippen molar-refractivity contribution < 1.29 is 18.7 Å². The van der Waals surface area contributed by atoms with Crippen LogP contribution in [0.2, 0.25) is 0 Å². The van der Waals surface area contributed by atoms with Crippen LogP contribution in [0.4, 0.5) is 10.2 Å². The molecule has 0 radical (unpaired) electrons. The number of benzene rings is 2. The number of aryl methyl sites for hydroxylation is 1. The number of methoxy groups -OCH3 is 2. The van der Waals surface area contributed by atoms with Crippen LogP contribution in [0.25, 0.3) is 11.8 Å². The zero-order valence-electron chi connectivity index (χ0n) is 18.3. The number of nitrogens with two attached hydrogens (primary N) is 1. The summed E-state index contributed by atoms with van der Waals surface area (Å²) in [4.78, 5) is 12.1. The van der Waals surface area contributed by atoms with Crippen LogP contribution in [0.3, 0.4) is 0 Å². The Morgan fingerprint density at radius 3 is 2.48 bits per heavy atom. The van der Waals surface area contributed by atoms with Gasteiger partial charge in [0, 0.05) is 18.7 Å². The van der Waals surface area contributed by atoms with Crippen LogP contribution in [0.5, 0.6) is 11.5 Å². The summed E-state index contributed by atoms with van der Waals surface area (Å²) in [6.07, 6.45) is 4.09. The van der Waals surface area contributed by atoms with Gasteiger partial charge in [-0.25, -0.2) is 9.07 Å². The average molecular weight is 449 g/mol. The smallest absolute Gasteiger partial charge is 0.243 e. The highest BCUT2D eigenvalue weighted by Gasteiger charge is 2.16. The number of nitrogens with one attached hydrogen (secondary N) is 1. The van der Waals surface area contributed by atoms with Gasteiger partial charge in [-0.1, -0.05) is 0 Å². The maximum atomic E-state index is 13.2. The molecule has 0 aliphatic carbocycles.